The van der Waals surface area contributed by atoms with Crippen LogP contribution >= 0.6 is 0 Å². The topological polar surface area (TPSA) is 36.9 Å². The Morgan fingerprint density at radius 3 is 0.694 bits per heavy atom. The van der Waals surface area contributed by atoms with Crippen LogP contribution in [-0.4, -0.2) is 34.2 Å². The van der Waals surface area contributed by atoms with Crippen LogP contribution in [0.2, 0.25) is 48.4 Å². The number of allylic oxidation sites excluding steroid dienone is 4. The van der Waals surface area contributed by atoms with Crippen LogP contribution in [0, 0.1) is 23.7 Å². The van der Waals surface area contributed by atoms with Gasteiger partial charge in [-0.25, -0.2) is 0 Å². The predicted molar refractivity (Wildman–Crippen MR) is 166 cm³/mol. The van der Waals surface area contributed by atoms with E-state index < -0.39 is 34.2 Å². The number of hydrogen-bond donors (Lipinski definition) is 0. The first-order chi connectivity index (χ1) is 16.7. The van der Waals surface area contributed by atoms with Gasteiger partial charge in [0.1, 0.15) is 0 Å². The maximum atomic E-state index is 7.55. The van der Waals surface area contributed by atoms with Crippen molar-refractivity contribution in [2.45, 2.75) is 104 Å². The lowest BCUT2D eigenvalue weighted by atomic mass is 10.3. The van der Waals surface area contributed by atoms with Crippen molar-refractivity contribution >= 4 is 34.2 Å². The van der Waals surface area contributed by atoms with E-state index in [1.54, 1.807) is 0 Å². The fraction of sp³-hybridized carbons (Fsp3) is 0.714. The van der Waals surface area contributed by atoms with Gasteiger partial charge in [-0.2, -0.15) is 0 Å². The van der Waals surface area contributed by atoms with Gasteiger partial charge in [-0.1, -0.05) is 79.7 Å². The van der Waals surface area contributed by atoms with Crippen LogP contribution in [-0.2, 0) is 16.5 Å². The molecule has 8 heteroatoms. The van der Waals surface area contributed by atoms with Gasteiger partial charge in [0.2, 0.25) is 0 Å². The van der Waals surface area contributed by atoms with E-state index >= 15 is 0 Å². The van der Waals surface area contributed by atoms with Gasteiger partial charge < -0.3 is 16.5 Å². The summed E-state index contributed by atoms with van der Waals surface area (Å²) in [6, 6.07) is 6.58. The fourth-order valence-corrected chi connectivity index (χ4v) is 31.6. The van der Waals surface area contributed by atoms with E-state index in [9.17, 15) is 0 Å². The van der Waals surface area contributed by atoms with Crippen molar-refractivity contribution in [2.24, 2.45) is 23.7 Å². The molecular weight excluding hydrogens is 513 g/mol. The van der Waals surface area contributed by atoms with Gasteiger partial charge in [-0.05, 0) is 47.8 Å². The maximum Gasteiger partial charge on any atom is 0.324 e. The van der Waals surface area contributed by atoms with E-state index in [2.05, 4.69) is 81.7 Å². The molecule has 1 saturated heterocycles. The van der Waals surface area contributed by atoms with Gasteiger partial charge >= 0.3 is 34.2 Å². The lowest BCUT2D eigenvalue weighted by Crippen LogP contribution is -2.70. The second kappa shape index (κ2) is 14.7. The van der Waals surface area contributed by atoms with E-state index in [0.717, 1.165) is 48.4 Å². The second-order valence-electron chi connectivity index (χ2n) is 12.4. The molecule has 0 radical (unpaired) electrons. The third-order valence-electron chi connectivity index (χ3n) is 6.19. The largest absolute Gasteiger partial charge is 0.415 e. The summed E-state index contributed by atoms with van der Waals surface area (Å²) in [5, 5.41) is 0. The molecule has 0 bridgehead atoms. The minimum Gasteiger partial charge on any atom is -0.415 e. The van der Waals surface area contributed by atoms with Crippen LogP contribution in [0.25, 0.3) is 0 Å². The fourth-order valence-electron chi connectivity index (χ4n) is 5.81. The van der Waals surface area contributed by atoms with Crippen molar-refractivity contribution in [3.05, 3.63) is 50.6 Å². The molecule has 0 unspecified atom stereocenters. The molecule has 1 rings (SSSR count). The molecule has 0 aromatic heterocycles. The average molecular weight is 569 g/mol. The lowest BCUT2D eigenvalue weighted by molar-refractivity contribution is 0.204. The second-order valence-corrected chi connectivity index (χ2v) is 26.2. The van der Waals surface area contributed by atoms with E-state index in [0.29, 0.717) is 23.7 Å². The number of hydrogen-bond acceptors (Lipinski definition) is 4. The standard InChI is InChI=1S/C28H56O4Si4/c1-13-17-33(21-25(5)6)29-34(18-14-2,22-26(7)8)31-36(20-16-4,24-28(11)12)32-35(30-33,19-15-3)23-27(9)10/h13-16,25-28H,1-4,17-24H2,5-12H3. The summed E-state index contributed by atoms with van der Waals surface area (Å²) < 4.78 is 30.2. The van der Waals surface area contributed by atoms with E-state index in [-0.39, 0.29) is 0 Å². The minimum atomic E-state index is -2.78. The molecule has 0 aliphatic carbocycles. The summed E-state index contributed by atoms with van der Waals surface area (Å²) >= 11 is 0. The molecule has 1 fully saturated rings. The van der Waals surface area contributed by atoms with Crippen molar-refractivity contribution in [3.63, 3.8) is 0 Å². The maximum absolute atomic E-state index is 7.55. The molecule has 4 nitrogen and oxygen atoms in total. The molecule has 0 saturated carbocycles. The van der Waals surface area contributed by atoms with Crippen molar-refractivity contribution in [1.29, 1.82) is 0 Å². The van der Waals surface area contributed by atoms with Crippen molar-refractivity contribution in [3.8, 4) is 0 Å². The van der Waals surface area contributed by atoms with Gasteiger partial charge in [0.05, 0.1) is 0 Å². The van der Waals surface area contributed by atoms with Crippen LogP contribution in [0.5, 0.6) is 0 Å². The molecule has 0 N–H and O–H groups in total. The summed E-state index contributed by atoms with van der Waals surface area (Å²) in [5.74, 6) is 1.74. The Bertz CT molecular complexity index is 592. The number of rotatable bonds is 16. The first-order valence-electron chi connectivity index (χ1n) is 14.0. The smallest absolute Gasteiger partial charge is 0.324 e. The summed E-state index contributed by atoms with van der Waals surface area (Å²) in [6.45, 7) is 34.7. The van der Waals surface area contributed by atoms with E-state index in [4.69, 9.17) is 16.5 Å². The minimum absolute atomic E-state index is 0.436. The summed E-state index contributed by atoms with van der Waals surface area (Å²) in [6.07, 6.45) is 8.01. The van der Waals surface area contributed by atoms with Crippen molar-refractivity contribution in [1.82, 2.24) is 0 Å². The first kappa shape index (κ1) is 33.7. The monoisotopic (exact) mass is 568 g/mol. The normalized spacial score (nSPS) is 31.4. The lowest BCUT2D eigenvalue weighted by Gasteiger charge is -2.54. The van der Waals surface area contributed by atoms with Crippen LogP contribution in [0.4, 0.5) is 0 Å². The molecule has 0 aromatic rings. The van der Waals surface area contributed by atoms with Crippen molar-refractivity contribution in [2.75, 3.05) is 0 Å². The van der Waals surface area contributed by atoms with Crippen LogP contribution in [0.1, 0.15) is 55.4 Å². The predicted octanol–water partition coefficient (Wildman–Crippen LogP) is 9.20. The highest BCUT2D eigenvalue weighted by molar-refractivity contribution is 6.95. The van der Waals surface area contributed by atoms with Crippen LogP contribution < -0.4 is 0 Å². The highest BCUT2D eigenvalue weighted by Crippen LogP contribution is 2.45. The summed E-state index contributed by atoms with van der Waals surface area (Å²) in [4.78, 5) is 0. The molecule has 1 heterocycles. The quantitative estimate of drug-likeness (QED) is 0.137. The summed E-state index contributed by atoms with van der Waals surface area (Å²) in [5.41, 5.74) is 0. The first-order valence-corrected chi connectivity index (χ1v) is 22.9. The third kappa shape index (κ3) is 10.1. The molecular formula is C28H56O4Si4. The zero-order chi connectivity index (χ0) is 27.6. The SMILES string of the molecule is C=CC[Si]1(CC(C)C)O[Si](CC=C)(CC(C)C)O[Si](CC=C)(CC(C)C)O[Si](CC=C)(CC(C)C)O1. The van der Waals surface area contributed by atoms with E-state index in [1.165, 1.54) is 0 Å². The Morgan fingerprint density at radius 1 is 0.417 bits per heavy atom. The molecule has 0 atom stereocenters. The highest BCUT2D eigenvalue weighted by Gasteiger charge is 2.61. The van der Waals surface area contributed by atoms with Gasteiger partial charge in [0, 0.05) is 24.2 Å². The van der Waals surface area contributed by atoms with Crippen molar-refractivity contribution < 1.29 is 16.5 Å². The Balaban J connectivity index is 4.00. The van der Waals surface area contributed by atoms with E-state index in [1.807, 2.05) is 24.3 Å². The molecule has 208 valence electrons. The Kier molecular flexibility index (Phi) is 13.8. The van der Waals surface area contributed by atoms with Gasteiger partial charge in [-0.15, -0.1) is 26.3 Å². The van der Waals surface area contributed by atoms with Crippen LogP contribution in [0.15, 0.2) is 50.6 Å². The molecule has 0 amide bonds. The van der Waals surface area contributed by atoms with Gasteiger partial charge in [0.15, 0.2) is 0 Å². The molecule has 36 heavy (non-hydrogen) atoms. The van der Waals surface area contributed by atoms with Gasteiger partial charge in [0.25, 0.3) is 0 Å². The average Bonchev–Trinajstić information content (AvgIpc) is 2.64. The highest BCUT2D eigenvalue weighted by atomic mass is 28.5. The summed E-state index contributed by atoms with van der Waals surface area (Å²) in [7, 11) is -11.1. The Hall–Kier alpha value is -0.332. The molecule has 0 aromatic carbocycles. The molecule has 1 aliphatic rings. The Morgan fingerprint density at radius 2 is 0.583 bits per heavy atom. The van der Waals surface area contributed by atoms with Crippen LogP contribution in [0.3, 0.4) is 0 Å². The third-order valence-corrected chi connectivity index (χ3v) is 27.5. The van der Waals surface area contributed by atoms with Gasteiger partial charge in [-0.3, -0.25) is 0 Å². The molecule has 1 aliphatic heterocycles. The zero-order valence-corrected chi connectivity index (χ0v) is 28.7. The Labute approximate surface area is 228 Å². The zero-order valence-electron chi connectivity index (χ0n) is 24.7. The molecule has 0 spiro atoms.